The minimum absolute atomic E-state index is 0.0708. The minimum atomic E-state index is -3.87. The molecular weight excluding hydrogens is 715 g/mol. The van der Waals surface area contributed by atoms with Gasteiger partial charge in [0, 0.05) is 38.1 Å². The number of hydrogen-bond acceptors (Lipinski definition) is 4. The van der Waals surface area contributed by atoms with Crippen LogP contribution in [0.15, 0.2) is 136 Å². The van der Waals surface area contributed by atoms with Gasteiger partial charge in [0.1, 0.15) is 11.3 Å². The molecule has 0 N–H and O–H groups in total. The summed E-state index contributed by atoms with van der Waals surface area (Å²) in [5.74, 6) is 0.799. The first kappa shape index (κ1) is 35.8. The Morgan fingerprint density at radius 2 is 1.29 bits per heavy atom. The molecule has 0 aliphatic heterocycles. The summed E-state index contributed by atoms with van der Waals surface area (Å²) in [6.45, 7) is 4.58. The topological polar surface area (TPSA) is 52.2 Å². The number of furan rings is 1. The van der Waals surface area contributed by atoms with E-state index >= 15 is 0 Å². The second-order valence-corrected chi connectivity index (χ2v) is 18.1. The van der Waals surface area contributed by atoms with Gasteiger partial charge in [0.2, 0.25) is 0 Å². The summed E-state index contributed by atoms with van der Waals surface area (Å²) in [7, 11) is -3.87. The van der Waals surface area contributed by atoms with Gasteiger partial charge in [-0.05, 0) is 94.6 Å². The molecule has 0 bridgehead atoms. The highest BCUT2D eigenvalue weighted by Crippen LogP contribution is 2.56. The normalized spacial score (nSPS) is 13.6. The van der Waals surface area contributed by atoms with Gasteiger partial charge in [-0.2, -0.15) is 0 Å². The molecule has 9 rings (SSSR count). The molecule has 3 heterocycles. The summed E-state index contributed by atoms with van der Waals surface area (Å²) >= 11 is 1.81. The lowest BCUT2D eigenvalue weighted by atomic mass is 9.70. The molecule has 0 fully saturated rings. The summed E-state index contributed by atoms with van der Waals surface area (Å²) in [5, 5.41) is 4.92. The van der Waals surface area contributed by atoms with Crippen LogP contribution in [0.5, 0.6) is 0 Å². The van der Waals surface area contributed by atoms with E-state index in [-0.39, 0.29) is 10.3 Å². The number of aromatic nitrogens is 1. The highest BCUT2D eigenvalue weighted by atomic mass is 32.2. The molecule has 5 aromatic carbocycles. The van der Waals surface area contributed by atoms with Crippen molar-refractivity contribution in [3.05, 3.63) is 138 Å². The Hall–Kier alpha value is -4.91. The van der Waals surface area contributed by atoms with Crippen LogP contribution in [-0.4, -0.2) is 12.4 Å². The first-order valence-electron chi connectivity index (χ1n) is 20.0. The van der Waals surface area contributed by atoms with Crippen molar-refractivity contribution in [2.24, 2.45) is 0 Å². The second-order valence-electron chi connectivity index (χ2n) is 15.3. The van der Waals surface area contributed by atoms with E-state index in [0.29, 0.717) is 16.6 Å². The van der Waals surface area contributed by atoms with E-state index in [4.69, 9.17) is 4.42 Å². The van der Waals surface area contributed by atoms with Crippen LogP contribution in [0.1, 0.15) is 89.2 Å². The fraction of sp³-hybridized carbons (Fsp3) is 0.265. The molecule has 0 amide bonds. The van der Waals surface area contributed by atoms with Gasteiger partial charge in [0.05, 0.1) is 15.9 Å². The van der Waals surface area contributed by atoms with Crippen LogP contribution >= 0.6 is 11.3 Å². The van der Waals surface area contributed by atoms with Gasteiger partial charge in [-0.15, -0.1) is 11.3 Å². The van der Waals surface area contributed by atoms with Crippen LogP contribution in [0.4, 0.5) is 0 Å². The molecule has 0 spiro atoms. The average Bonchev–Trinajstić information content (AvgIpc) is 4.01. The lowest BCUT2D eigenvalue weighted by Crippen LogP contribution is -2.25. The molecule has 0 radical (unpaired) electrons. The fourth-order valence-electron chi connectivity index (χ4n) is 9.18. The molecule has 0 saturated heterocycles. The summed E-state index contributed by atoms with van der Waals surface area (Å²) in [4.78, 5) is 1.57. The van der Waals surface area contributed by atoms with Crippen LogP contribution in [0.2, 0.25) is 0 Å². The van der Waals surface area contributed by atoms with Gasteiger partial charge in [-0.1, -0.05) is 132 Å². The van der Waals surface area contributed by atoms with Gasteiger partial charge < -0.3 is 4.42 Å². The van der Waals surface area contributed by atoms with E-state index in [9.17, 15) is 8.42 Å². The molecule has 4 nitrogen and oxygen atoms in total. The van der Waals surface area contributed by atoms with Crippen molar-refractivity contribution in [1.29, 1.82) is 0 Å². The highest BCUT2D eigenvalue weighted by molar-refractivity contribution is 7.90. The first-order chi connectivity index (χ1) is 26.9. The van der Waals surface area contributed by atoms with Crippen LogP contribution in [0.3, 0.4) is 0 Å². The maximum atomic E-state index is 14.2. The van der Waals surface area contributed by atoms with Crippen LogP contribution in [0.25, 0.3) is 65.7 Å². The van der Waals surface area contributed by atoms with Crippen molar-refractivity contribution < 1.29 is 12.8 Å². The molecule has 1 aliphatic carbocycles. The van der Waals surface area contributed by atoms with E-state index in [1.165, 1.54) is 88.0 Å². The van der Waals surface area contributed by atoms with Gasteiger partial charge in [0.15, 0.2) is 0 Å². The Balaban J connectivity index is 1.19. The maximum Gasteiger partial charge on any atom is 0.268 e. The van der Waals surface area contributed by atoms with E-state index in [0.717, 1.165) is 40.3 Å². The monoisotopic (exact) mass is 761 g/mol. The van der Waals surface area contributed by atoms with Gasteiger partial charge >= 0.3 is 0 Å². The average molecular weight is 762 g/mol. The van der Waals surface area contributed by atoms with Crippen molar-refractivity contribution in [2.45, 2.75) is 88.4 Å². The SMILES string of the molecule is CCCCCCC1(CCCCCC)c2cc(-c3cc4cc5c6ccccc6n(S(=O)(=O)c6ccccc6)c5cc4o3)ccc2-c2ccc(-c3cccs3)cc21. The largest absolute Gasteiger partial charge is 0.456 e. The summed E-state index contributed by atoms with van der Waals surface area (Å²) in [6, 6.07) is 41.1. The van der Waals surface area contributed by atoms with Gasteiger partial charge in [0.25, 0.3) is 10.0 Å². The van der Waals surface area contributed by atoms with E-state index in [1.54, 1.807) is 24.3 Å². The second kappa shape index (κ2) is 14.6. The standard InChI is InChI=1S/C49H47NO3S2/c1-3-5-7-14-26-49(27-15-8-6-4-2)42-30-34(22-24-38(42)39-25-23-35(31-43(39)49)48-21-16-28-54-48)46-32-36-29-41-40-19-12-13-20-44(40)50(45(41)33-47(36)53-46)55(51,52)37-17-10-9-11-18-37/h9-13,16-25,28-33H,3-8,14-15,26-27H2,1-2H3. The third kappa shape index (κ3) is 6.15. The smallest absolute Gasteiger partial charge is 0.268 e. The van der Waals surface area contributed by atoms with Crippen molar-refractivity contribution in [3.8, 4) is 32.9 Å². The summed E-state index contributed by atoms with van der Waals surface area (Å²) < 4.78 is 36.6. The number of nitrogens with zero attached hydrogens (tertiary/aromatic N) is 1. The number of thiophene rings is 1. The molecule has 3 aromatic heterocycles. The van der Waals surface area contributed by atoms with E-state index in [1.807, 2.05) is 47.7 Å². The number of fused-ring (bicyclic) bond motifs is 7. The predicted octanol–water partition coefficient (Wildman–Crippen LogP) is 14.4. The minimum Gasteiger partial charge on any atom is -0.456 e. The molecule has 278 valence electrons. The molecule has 8 aromatic rings. The predicted molar refractivity (Wildman–Crippen MR) is 231 cm³/mol. The number of rotatable bonds is 14. The number of unbranched alkanes of at least 4 members (excludes halogenated alkanes) is 6. The molecule has 55 heavy (non-hydrogen) atoms. The summed E-state index contributed by atoms with van der Waals surface area (Å²) in [6.07, 6.45) is 12.1. The summed E-state index contributed by atoms with van der Waals surface area (Å²) in [5.41, 5.74) is 9.86. The third-order valence-corrected chi connectivity index (χ3v) is 14.6. The Labute approximate surface area is 328 Å². The molecule has 6 heteroatoms. The van der Waals surface area contributed by atoms with Crippen molar-refractivity contribution in [2.75, 3.05) is 0 Å². The number of benzene rings is 5. The lowest BCUT2D eigenvalue weighted by molar-refractivity contribution is 0.401. The molecule has 0 unspecified atom stereocenters. The molecule has 0 saturated carbocycles. The third-order valence-electron chi connectivity index (χ3n) is 11.9. The lowest BCUT2D eigenvalue weighted by Gasteiger charge is -2.33. The van der Waals surface area contributed by atoms with Crippen LogP contribution < -0.4 is 0 Å². The van der Waals surface area contributed by atoms with E-state index in [2.05, 4.69) is 79.9 Å². The molecular formula is C49H47NO3S2. The Kier molecular flexibility index (Phi) is 9.52. The van der Waals surface area contributed by atoms with Crippen molar-refractivity contribution >= 4 is 54.1 Å². The number of para-hydroxylation sites is 1. The Bertz CT molecular complexity index is 2740. The van der Waals surface area contributed by atoms with Crippen molar-refractivity contribution in [3.63, 3.8) is 0 Å². The quantitative estimate of drug-likeness (QED) is 0.104. The van der Waals surface area contributed by atoms with Crippen LogP contribution in [0, 0.1) is 0 Å². The Morgan fingerprint density at radius 1 is 0.618 bits per heavy atom. The molecule has 0 atom stereocenters. The van der Waals surface area contributed by atoms with Crippen molar-refractivity contribution in [1.82, 2.24) is 3.97 Å². The zero-order valence-electron chi connectivity index (χ0n) is 31.7. The van der Waals surface area contributed by atoms with Gasteiger partial charge in [-0.25, -0.2) is 12.4 Å². The molecule has 1 aliphatic rings. The maximum absolute atomic E-state index is 14.2. The zero-order chi connectivity index (χ0) is 37.6. The van der Waals surface area contributed by atoms with E-state index < -0.39 is 10.0 Å². The number of hydrogen-bond donors (Lipinski definition) is 0. The zero-order valence-corrected chi connectivity index (χ0v) is 33.3. The van der Waals surface area contributed by atoms with Gasteiger partial charge in [-0.3, -0.25) is 0 Å². The van der Waals surface area contributed by atoms with Crippen LogP contribution in [-0.2, 0) is 15.4 Å². The fourth-order valence-corrected chi connectivity index (χ4v) is 11.4. The Morgan fingerprint density at radius 3 is 1.98 bits per heavy atom. The highest BCUT2D eigenvalue weighted by Gasteiger charge is 2.43. The first-order valence-corrected chi connectivity index (χ1v) is 22.4.